The summed E-state index contributed by atoms with van der Waals surface area (Å²) in [6.07, 6.45) is 0. The Hall–Kier alpha value is -2.89. The molecule has 0 aliphatic carbocycles. The van der Waals surface area contributed by atoms with Gasteiger partial charge in [-0.3, -0.25) is 10.1 Å². The van der Waals surface area contributed by atoms with Gasteiger partial charge in [0, 0.05) is 24.2 Å². The molecule has 6 nitrogen and oxygen atoms in total. The van der Waals surface area contributed by atoms with E-state index in [0.29, 0.717) is 17.3 Å². The van der Waals surface area contributed by atoms with Gasteiger partial charge in [-0.15, -0.1) is 0 Å². The van der Waals surface area contributed by atoms with Crippen LogP contribution in [0.5, 0.6) is 0 Å². The molecule has 0 bridgehead atoms. The minimum absolute atomic E-state index is 0.304. The summed E-state index contributed by atoms with van der Waals surface area (Å²) in [6, 6.07) is 11.0. The van der Waals surface area contributed by atoms with Crippen LogP contribution in [0.25, 0.3) is 10.9 Å². The number of carbonyl (C=O) groups is 1. The quantitative estimate of drug-likeness (QED) is 0.772. The Morgan fingerprint density at radius 1 is 1.24 bits per heavy atom. The van der Waals surface area contributed by atoms with Crippen LogP contribution in [0, 0.1) is 6.92 Å². The van der Waals surface area contributed by atoms with Crippen LogP contribution in [0.3, 0.4) is 0 Å². The molecule has 0 saturated carbocycles. The van der Waals surface area contributed by atoms with Crippen molar-refractivity contribution in [3.8, 4) is 0 Å². The lowest BCUT2D eigenvalue weighted by Gasteiger charge is -2.08. The third-order valence-electron chi connectivity index (χ3n) is 3.08. The van der Waals surface area contributed by atoms with Crippen molar-refractivity contribution in [3.63, 3.8) is 0 Å². The van der Waals surface area contributed by atoms with Gasteiger partial charge in [-0.2, -0.15) is 0 Å². The van der Waals surface area contributed by atoms with Crippen LogP contribution >= 0.6 is 0 Å². The number of fused-ring (bicyclic) bond motifs is 1. The summed E-state index contributed by atoms with van der Waals surface area (Å²) in [5.74, 6) is -0.0353. The molecule has 2 heterocycles. The van der Waals surface area contributed by atoms with Crippen molar-refractivity contribution < 1.29 is 9.32 Å². The fraction of sp³-hybridized carbons (Fsp3) is 0.133. The Bertz CT molecular complexity index is 810. The van der Waals surface area contributed by atoms with E-state index in [4.69, 9.17) is 4.52 Å². The smallest absolute Gasteiger partial charge is 0.276 e. The first-order chi connectivity index (χ1) is 10.2. The first-order valence-corrected chi connectivity index (χ1v) is 6.49. The van der Waals surface area contributed by atoms with Crippen LogP contribution in [0.15, 0.2) is 40.9 Å². The first-order valence-electron chi connectivity index (χ1n) is 6.49. The fourth-order valence-corrected chi connectivity index (χ4v) is 2.10. The second-order valence-electron chi connectivity index (χ2n) is 4.61. The largest absolute Gasteiger partial charge is 0.388 e. The third kappa shape index (κ3) is 2.55. The second-order valence-corrected chi connectivity index (χ2v) is 4.61. The average Bonchev–Trinajstić information content (AvgIpc) is 2.91. The lowest BCUT2D eigenvalue weighted by Crippen LogP contribution is -2.13. The normalized spacial score (nSPS) is 10.6. The second kappa shape index (κ2) is 5.24. The third-order valence-corrected chi connectivity index (χ3v) is 3.08. The van der Waals surface area contributed by atoms with Gasteiger partial charge in [0.05, 0.1) is 11.2 Å². The van der Waals surface area contributed by atoms with Crippen LogP contribution in [0.4, 0.5) is 11.6 Å². The Labute approximate surface area is 121 Å². The van der Waals surface area contributed by atoms with Gasteiger partial charge in [0.15, 0.2) is 0 Å². The number of aryl methyl sites for hydroxylation is 1. The van der Waals surface area contributed by atoms with E-state index in [1.165, 1.54) is 0 Å². The van der Waals surface area contributed by atoms with Crippen molar-refractivity contribution in [2.24, 2.45) is 0 Å². The maximum Gasteiger partial charge on any atom is 0.276 e. The standard InChI is InChI=1S/C15H14N4O2/c1-9-7-14(21-19-9)18-15(20)13-8-12(16-2)10-5-3-4-6-11(10)17-13/h3-8H,1-2H3,(H,16,17)(H,18,20). The van der Waals surface area contributed by atoms with Gasteiger partial charge in [-0.25, -0.2) is 4.98 Å². The summed E-state index contributed by atoms with van der Waals surface area (Å²) in [6.45, 7) is 1.78. The van der Waals surface area contributed by atoms with Gasteiger partial charge in [0.25, 0.3) is 5.91 Å². The number of para-hydroxylation sites is 1. The van der Waals surface area contributed by atoms with Crippen LogP contribution in [0.2, 0.25) is 0 Å². The predicted molar refractivity (Wildman–Crippen MR) is 80.5 cm³/mol. The number of carbonyl (C=O) groups excluding carboxylic acids is 1. The Morgan fingerprint density at radius 2 is 2.05 bits per heavy atom. The summed E-state index contributed by atoms with van der Waals surface area (Å²) < 4.78 is 4.98. The number of pyridine rings is 1. The number of anilines is 2. The van der Waals surface area contributed by atoms with E-state index in [2.05, 4.69) is 20.8 Å². The summed E-state index contributed by atoms with van der Waals surface area (Å²) in [5, 5.41) is 10.4. The number of nitrogens with one attached hydrogen (secondary N) is 2. The molecule has 1 aromatic carbocycles. The first kappa shape index (κ1) is 13.1. The number of amides is 1. The zero-order valence-corrected chi connectivity index (χ0v) is 11.7. The van der Waals surface area contributed by atoms with Crippen molar-refractivity contribution in [1.82, 2.24) is 10.1 Å². The molecule has 3 aromatic rings. The van der Waals surface area contributed by atoms with Crippen LogP contribution in [0.1, 0.15) is 16.2 Å². The lowest BCUT2D eigenvalue weighted by molar-refractivity contribution is 0.101. The van der Waals surface area contributed by atoms with Gasteiger partial charge < -0.3 is 9.84 Å². The van der Waals surface area contributed by atoms with Gasteiger partial charge >= 0.3 is 0 Å². The van der Waals surface area contributed by atoms with Gasteiger partial charge in [-0.05, 0) is 19.1 Å². The highest BCUT2D eigenvalue weighted by Gasteiger charge is 2.13. The number of rotatable bonds is 3. The molecule has 6 heteroatoms. The van der Waals surface area contributed by atoms with E-state index < -0.39 is 0 Å². The van der Waals surface area contributed by atoms with Crippen molar-refractivity contribution in [2.45, 2.75) is 6.92 Å². The van der Waals surface area contributed by atoms with E-state index >= 15 is 0 Å². The highest BCUT2D eigenvalue weighted by molar-refractivity contribution is 6.05. The van der Waals surface area contributed by atoms with Crippen molar-refractivity contribution in [2.75, 3.05) is 17.7 Å². The molecule has 2 N–H and O–H groups in total. The maximum atomic E-state index is 12.2. The van der Waals surface area contributed by atoms with E-state index in [-0.39, 0.29) is 5.91 Å². The minimum Gasteiger partial charge on any atom is -0.388 e. The topological polar surface area (TPSA) is 80.0 Å². The molecule has 0 aliphatic rings. The average molecular weight is 282 g/mol. The number of hydrogen-bond acceptors (Lipinski definition) is 5. The highest BCUT2D eigenvalue weighted by atomic mass is 16.5. The van der Waals surface area contributed by atoms with E-state index in [0.717, 1.165) is 16.6 Å². The zero-order valence-electron chi connectivity index (χ0n) is 11.7. The molecule has 21 heavy (non-hydrogen) atoms. The Morgan fingerprint density at radius 3 is 2.76 bits per heavy atom. The van der Waals surface area contributed by atoms with Crippen molar-refractivity contribution in [3.05, 3.63) is 47.8 Å². The zero-order chi connectivity index (χ0) is 14.8. The maximum absolute atomic E-state index is 12.2. The monoisotopic (exact) mass is 282 g/mol. The molecule has 2 aromatic heterocycles. The molecule has 3 rings (SSSR count). The van der Waals surface area contributed by atoms with Crippen LogP contribution < -0.4 is 10.6 Å². The van der Waals surface area contributed by atoms with E-state index in [1.807, 2.05) is 31.3 Å². The molecular weight excluding hydrogens is 268 g/mol. The number of nitrogens with zero attached hydrogens (tertiary/aromatic N) is 2. The van der Waals surface area contributed by atoms with Crippen molar-refractivity contribution in [1.29, 1.82) is 0 Å². The molecule has 0 saturated heterocycles. The van der Waals surface area contributed by atoms with E-state index in [1.54, 1.807) is 19.1 Å². The SMILES string of the molecule is CNc1cc(C(=O)Nc2cc(C)no2)nc2ccccc12. The van der Waals surface area contributed by atoms with Crippen LogP contribution in [-0.4, -0.2) is 23.1 Å². The van der Waals surface area contributed by atoms with Gasteiger partial charge in [0.1, 0.15) is 5.69 Å². The highest BCUT2D eigenvalue weighted by Crippen LogP contribution is 2.23. The predicted octanol–water partition coefficient (Wildman–Crippen LogP) is 2.83. The van der Waals surface area contributed by atoms with Gasteiger partial charge in [0.2, 0.25) is 5.88 Å². The number of hydrogen-bond donors (Lipinski definition) is 2. The number of aromatic nitrogens is 2. The molecule has 0 unspecified atom stereocenters. The van der Waals surface area contributed by atoms with E-state index in [9.17, 15) is 4.79 Å². The molecule has 0 fully saturated rings. The molecule has 0 aliphatic heterocycles. The molecule has 0 radical (unpaired) electrons. The molecule has 106 valence electrons. The number of benzene rings is 1. The Balaban J connectivity index is 1.98. The minimum atomic E-state index is -0.339. The summed E-state index contributed by atoms with van der Waals surface area (Å²) in [4.78, 5) is 16.6. The molecule has 0 atom stereocenters. The molecular formula is C15H14N4O2. The summed E-state index contributed by atoms with van der Waals surface area (Å²) >= 11 is 0. The summed E-state index contributed by atoms with van der Waals surface area (Å²) in [7, 11) is 1.81. The Kier molecular flexibility index (Phi) is 3.27. The van der Waals surface area contributed by atoms with Crippen molar-refractivity contribution >= 4 is 28.4 Å². The van der Waals surface area contributed by atoms with Gasteiger partial charge in [-0.1, -0.05) is 23.4 Å². The summed E-state index contributed by atoms with van der Waals surface area (Å²) in [5.41, 5.74) is 2.61. The molecule has 1 amide bonds. The van der Waals surface area contributed by atoms with Crippen LogP contribution in [-0.2, 0) is 0 Å². The lowest BCUT2D eigenvalue weighted by atomic mass is 10.1. The molecule has 0 spiro atoms. The fourth-order valence-electron chi connectivity index (χ4n) is 2.10.